The SMILES string of the molecule is CCc1cccc(C)c1NC(=O)C1CCCN(CCC#N)C1. The summed E-state index contributed by atoms with van der Waals surface area (Å²) >= 11 is 0. The predicted molar refractivity (Wildman–Crippen MR) is 88.6 cm³/mol. The number of aryl methyl sites for hydroxylation is 2. The van der Waals surface area contributed by atoms with Crippen molar-refractivity contribution in [3.05, 3.63) is 29.3 Å². The molecule has 1 fully saturated rings. The number of anilines is 1. The maximum Gasteiger partial charge on any atom is 0.228 e. The Morgan fingerprint density at radius 1 is 1.50 bits per heavy atom. The van der Waals surface area contributed by atoms with E-state index in [2.05, 4.69) is 29.3 Å². The first kappa shape index (κ1) is 16.5. The van der Waals surface area contributed by atoms with Gasteiger partial charge in [0.05, 0.1) is 12.0 Å². The summed E-state index contributed by atoms with van der Waals surface area (Å²) in [7, 11) is 0. The second-order valence-electron chi connectivity index (χ2n) is 6.00. The van der Waals surface area contributed by atoms with Gasteiger partial charge in [-0.15, -0.1) is 0 Å². The van der Waals surface area contributed by atoms with Crippen LogP contribution in [0, 0.1) is 24.2 Å². The number of nitrogens with one attached hydrogen (secondary N) is 1. The highest BCUT2D eigenvalue weighted by Crippen LogP contribution is 2.24. The minimum atomic E-state index is 0.0248. The van der Waals surface area contributed by atoms with Crippen molar-refractivity contribution in [3.8, 4) is 6.07 Å². The maximum atomic E-state index is 12.6. The molecular formula is C18H25N3O. The number of carbonyl (C=O) groups is 1. The summed E-state index contributed by atoms with van der Waals surface area (Å²) in [6.45, 7) is 6.67. The van der Waals surface area contributed by atoms with Gasteiger partial charge in [-0.3, -0.25) is 4.79 Å². The molecule has 118 valence electrons. The Balaban J connectivity index is 2.02. The highest BCUT2D eigenvalue weighted by atomic mass is 16.1. The highest BCUT2D eigenvalue weighted by Gasteiger charge is 2.26. The first-order valence-corrected chi connectivity index (χ1v) is 8.14. The van der Waals surface area contributed by atoms with Crippen LogP contribution in [0.2, 0.25) is 0 Å². The minimum absolute atomic E-state index is 0.0248. The summed E-state index contributed by atoms with van der Waals surface area (Å²) in [6, 6.07) is 8.32. The molecule has 1 aliphatic rings. The molecule has 2 rings (SSSR count). The van der Waals surface area contributed by atoms with Gasteiger partial charge in [-0.05, 0) is 43.9 Å². The van der Waals surface area contributed by atoms with Gasteiger partial charge in [0.15, 0.2) is 0 Å². The van der Waals surface area contributed by atoms with E-state index in [-0.39, 0.29) is 11.8 Å². The van der Waals surface area contributed by atoms with E-state index in [4.69, 9.17) is 5.26 Å². The van der Waals surface area contributed by atoms with Crippen LogP contribution >= 0.6 is 0 Å². The van der Waals surface area contributed by atoms with Crippen LogP contribution in [0.5, 0.6) is 0 Å². The number of piperidine rings is 1. The zero-order valence-corrected chi connectivity index (χ0v) is 13.6. The van der Waals surface area contributed by atoms with E-state index in [1.807, 2.05) is 19.1 Å². The number of rotatable bonds is 5. The Morgan fingerprint density at radius 2 is 2.32 bits per heavy atom. The molecule has 1 aromatic rings. The number of likely N-dealkylation sites (tertiary alicyclic amines) is 1. The van der Waals surface area contributed by atoms with Crippen LogP contribution in [0.1, 0.15) is 37.3 Å². The average molecular weight is 299 g/mol. The van der Waals surface area contributed by atoms with Gasteiger partial charge in [0.25, 0.3) is 0 Å². The van der Waals surface area contributed by atoms with E-state index in [1.54, 1.807) is 0 Å². The monoisotopic (exact) mass is 299 g/mol. The second kappa shape index (κ2) is 7.95. The number of benzene rings is 1. The molecule has 1 atom stereocenters. The number of nitriles is 1. The third-order valence-corrected chi connectivity index (χ3v) is 4.40. The third-order valence-electron chi connectivity index (χ3n) is 4.40. The topological polar surface area (TPSA) is 56.1 Å². The zero-order valence-electron chi connectivity index (χ0n) is 13.6. The molecule has 1 heterocycles. The molecule has 4 nitrogen and oxygen atoms in total. The number of amides is 1. The highest BCUT2D eigenvalue weighted by molar-refractivity contribution is 5.94. The summed E-state index contributed by atoms with van der Waals surface area (Å²) in [5, 5.41) is 11.8. The fourth-order valence-electron chi connectivity index (χ4n) is 3.11. The van der Waals surface area contributed by atoms with Crippen LogP contribution in [-0.4, -0.2) is 30.4 Å². The molecular weight excluding hydrogens is 274 g/mol. The molecule has 0 aromatic heterocycles. The molecule has 1 amide bonds. The summed E-state index contributed by atoms with van der Waals surface area (Å²) in [5.74, 6) is 0.141. The molecule has 1 saturated heterocycles. The summed E-state index contributed by atoms with van der Waals surface area (Å²) in [6.07, 6.45) is 3.41. The molecule has 22 heavy (non-hydrogen) atoms. The van der Waals surface area contributed by atoms with E-state index >= 15 is 0 Å². The van der Waals surface area contributed by atoms with E-state index in [1.165, 1.54) is 5.56 Å². The fourth-order valence-corrected chi connectivity index (χ4v) is 3.11. The first-order chi connectivity index (χ1) is 10.7. The Morgan fingerprint density at radius 3 is 3.05 bits per heavy atom. The van der Waals surface area contributed by atoms with Crippen molar-refractivity contribution in [3.63, 3.8) is 0 Å². The summed E-state index contributed by atoms with van der Waals surface area (Å²) in [4.78, 5) is 14.8. The largest absolute Gasteiger partial charge is 0.325 e. The van der Waals surface area contributed by atoms with Crippen molar-refractivity contribution in [2.24, 2.45) is 5.92 Å². The zero-order chi connectivity index (χ0) is 15.9. The molecule has 4 heteroatoms. The number of para-hydroxylation sites is 1. The van der Waals surface area contributed by atoms with Gasteiger partial charge < -0.3 is 10.2 Å². The number of hydrogen-bond acceptors (Lipinski definition) is 3. The molecule has 1 aliphatic heterocycles. The molecule has 1 N–H and O–H groups in total. The fraction of sp³-hybridized carbons (Fsp3) is 0.556. The number of hydrogen-bond donors (Lipinski definition) is 1. The first-order valence-electron chi connectivity index (χ1n) is 8.14. The van der Waals surface area contributed by atoms with Crippen LogP contribution < -0.4 is 5.32 Å². The van der Waals surface area contributed by atoms with Gasteiger partial charge in [-0.25, -0.2) is 0 Å². The van der Waals surface area contributed by atoms with E-state index in [9.17, 15) is 4.79 Å². The molecule has 0 spiro atoms. The lowest BCUT2D eigenvalue weighted by Gasteiger charge is -2.31. The molecule has 0 aliphatic carbocycles. The molecule has 1 unspecified atom stereocenters. The summed E-state index contributed by atoms with van der Waals surface area (Å²) in [5.41, 5.74) is 3.28. The van der Waals surface area contributed by atoms with E-state index in [0.717, 1.165) is 50.1 Å². The Hall–Kier alpha value is -1.86. The van der Waals surface area contributed by atoms with Crippen LogP contribution in [0.25, 0.3) is 0 Å². The van der Waals surface area contributed by atoms with Gasteiger partial charge in [0.1, 0.15) is 0 Å². The third kappa shape index (κ3) is 4.08. The summed E-state index contributed by atoms with van der Waals surface area (Å²) < 4.78 is 0. The second-order valence-corrected chi connectivity index (χ2v) is 6.00. The van der Waals surface area contributed by atoms with Crippen molar-refractivity contribution in [2.75, 3.05) is 25.0 Å². The van der Waals surface area contributed by atoms with Gasteiger partial charge in [0, 0.05) is 25.2 Å². The van der Waals surface area contributed by atoms with Crippen LogP contribution in [0.15, 0.2) is 18.2 Å². The van der Waals surface area contributed by atoms with Crippen LogP contribution in [0.4, 0.5) is 5.69 Å². The number of carbonyl (C=O) groups excluding carboxylic acids is 1. The normalized spacial score (nSPS) is 18.7. The lowest BCUT2D eigenvalue weighted by molar-refractivity contribution is -0.121. The van der Waals surface area contributed by atoms with Crippen molar-refractivity contribution in [1.82, 2.24) is 4.90 Å². The Kier molecular flexibility index (Phi) is 5.97. The Labute approximate surface area is 133 Å². The van der Waals surface area contributed by atoms with Gasteiger partial charge >= 0.3 is 0 Å². The lowest BCUT2D eigenvalue weighted by atomic mass is 9.96. The smallest absolute Gasteiger partial charge is 0.228 e. The molecule has 0 saturated carbocycles. The molecule has 1 aromatic carbocycles. The maximum absolute atomic E-state index is 12.6. The standard InChI is InChI=1S/C18H25N3O/c1-3-15-8-4-7-14(2)17(15)20-18(22)16-9-5-11-21(13-16)12-6-10-19/h4,7-8,16H,3,5-6,9,11-13H2,1-2H3,(H,20,22). The van der Waals surface area contributed by atoms with Crippen LogP contribution in [0.3, 0.4) is 0 Å². The van der Waals surface area contributed by atoms with Crippen molar-refractivity contribution in [2.45, 2.75) is 39.5 Å². The minimum Gasteiger partial charge on any atom is -0.325 e. The van der Waals surface area contributed by atoms with Crippen molar-refractivity contribution in [1.29, 1.82) is 5.26 Å². The predicted octanol–water partition coefficient (Wildman–Crippen LogP) is 3.12. The van der Waals surface area contributed by atoms with Crippen molar-refractivity contribution >= 4 is 11.6 Å². The van der Waals surface area contributed by atoms with Gasteiger partial charge in [0.2, 0.25) is 5.91 Å². The molecule has 0 radical (unpaired) electrons. The van der Waals surface area contributed by atoms with Gasteiger partial charge in [-0.1, -0.05) is 25.1 Å². The Bertz CT molecular complexity index is 562. The lowest BCUT2D eigenvalue weighted by Crippen LogP contribution is -2.41. The van der Waals surface area contributed by atoms with E-state index in [0.29, 0.717) is 6.42 Å². The average Bonchev–Trinajstić information content (AvgIpc) is 2.55. The van der Waals surface area contributed by atoms with Crippen LogP contribution in [-0.2, 0) is 11.2 Å². The van der Waals surface area contributed by atoms with Gasteiger partial charge in [-0.2, -0.15) is 5.26 Å². The van der Waals surface area contributed by atoms with Crippen molar-refractivity contribution < 1.29 is 4.79 Å². The number of nitrogens with zero attached hydrogens (tertiary/aromatic N) is 2. The quantitative estimate of drug-likeness (QED) is 0.909. The van der Waals surface area contributed by atoms with E-state index < -0.39 is 0 Å². The molecule has 0 bridgehead atoms.